The number of aliphatic carboxylic acids is 1. The number of rotatable bonds is 4. The van der Waals surface area contributed by atoms with Gasteiger partial charge in [0.25, 0.3) is 0 Å². The molecule has 2 N–H and O–H groups in total. The fourth-order valence-corrected chi connectivity index (χ4v) is 4.27. The summed E-state index contributed by atoms with van der Waals surface area (Å²) in [7, 11) is 0. The van der Waals surface area contributed by atoms with Crippen molar-refractivity contribution in [2.24, 2.45) is 0 Å². The second kappa shape index (κ2) is 6.75. The van der Waals surface area contributed by atoms with Gasteiger partial charge in [0.1, 0.15) is 6.04 Å². The van der Waals surface area contributed by atoms with E-state index in [1.54, 1.807) is 16.2 Å². The predicted octanol–water partition coefficient (Wildman–Crippen LogP) is 1.90. The van der Waals surface area contributed by atoms with Crippen LogP contribution in [0.25, 0.3) is 0 Å². The van der Waals surface area contributed by atoms with Gasteiger partial charge in [0.05, 0.1) is 12.2 Å². The first-order chi connectivity index (χ1) is 10.6. The van der Waals surface area contributed by atoms with Crippen LogP contribution < -0.4 is 5.32 Å². The third kappa shape index (κ3) is 3.47. The van der Waals surface area contributed by atoms with E-state index in [1.807, 2.05) is 0 Å². The Morgan fingerprint density at radius 3 is 2.86 bits per heavy atom. The second-order valence-electron chi connectivity index (χ2n) is 5.96. The van der Waals surface area contributed by atoms with Crippen LogP contribution in [0.2, 0.25) is 0 Å². The predicted molar refractivity (Wildman–Crippen MR) is 84.2 cm³/mol. The molecular weight excluding hydrogens is 302 g/mol. The largest absolute Gasteiger partial charge is 0.480 e. The maximum Gasteiger partial charge on any atom is 0.320 e. The number of nitrogens with zero attached hydrogens (tertiary/aromatic N) is 2. The number of anilines is 1. The first-order valence-corrected chi connectivity index (χ1v) is 8.70. The van der Waals surface area contributed by atoms with Gasteiger partial charge in [-0.3, -0.25) is 14.5 Å². The Morgan fingerprint density at radius 1 is 1.27 bits per heavy atom. The summed E-state index contributed by atoms with van der Waals surface area (Å²) in [5.41, 5.74) is 1.12. The second-order valence-corrected chi connectivity index (χ2v) is 7.05. The van der Waals surface area contributed by atoms with Crippen LogP contribution in [-0.2, 0) is 22.4 Å². The molecule has 0 spiro atoms. The van der Waals surface area contributed by atoms with Crippen molar-refractivity contribution in [1.29, 1.82) is 0 Å². The fourth-order valence-electron chi connectivity index (χ4n) is 3.21. The molecule has 1 aliphatic carbocycles. The molecule has 1 atom stereocenters. The van der Waals surface area contributed by atoms with E-state index in [4.69, 9.17) is 0 Å². The summed E-state index contributed by atoms with van der Waals surface area (Å²) in [5.74, 6) is -1.00. The smallest absolute Gasteiger partial charge is 0.320 e. The number of hydrogen-bond donors (Lipinski definition) is 2. The van der Waals surface area contributed by atoms with Gasteiger partial charge in [0.15, 0.2) is 5.13 Å². The average Bonchev–Trinajstić information content (AvgIpc) is 2.89. The lowest BCUT2D eigenvalue weighted by Gasteiger charge is -2.31. The first-order valence-electron chi connectivity index (χ1n) is 7.89. The lowest BCUT2D eigenvalue weighted by Crippen LogP contribution is -2.47. The summed E-state index contributed by atoms with van der Waals surface area (Å²) < 4.78 is 0. The average molecular weight is 323 g/mol. The Labute approximate surface area is 133 Å². The van der Waals surface area contributed by atoms with E-state index in [0.717, 1.165) is 37.8 Å². The van der Waals surface area contributed by atoms with Crippen LogP contribution in [0.1, 0.15) is 42.7 Å². The maximum absolute atomic E-state index is 12.2. The van der Waals surface area contributed by atoms with Crippen molar-refractivity contribution in [3.05, 3.63) is 10.6 Å². The molecule has 1 unspecified atom stereocenters. The Morgan fingerprint density at radius 2 is 2.09 bits per heavy atom. The van der Waals surface area contributed by atoms with E-state index in [0.29, 0.717) is 18.1 Å². The molecule has 1 aromatic heterocycles. The molecule has 6 nitrogen and oxygen atoms in total. The number of aryl methyl sites for hydroxylation is 2. The number of carboxylic acids is 1. The SMILES string of the molecule is O=C(CN1CCCCC1C(=O)O)Nc1nc2c(s1)CCCC2. The molecule has 7 heteroatoms. The highest BCUT2D eigenvalue weighted by atomic mass is 32.1. The summed E-state index contributed by atoms with van der Waals surface area (Å²) in [6.07, 6.45) is 6.88. The van der Waals surface area contributed by atoms with Crippen molar-refractivity contribution in [2.75, 3.05) is 18.4 Å². The molecule has 1 fully saturated rings. The van der Waals surface area contributed by atoms with E-state index in [9.17, 15) is 14.7 Å². The van der Waals surface area contributed by atoms with Gasteiger partial charge in [-0.25, -0.2) is 4.98 Å². The molecule has 1 saturated heterocycles. The number of fused-ring (bicyclic) bond motifs is 1. The molecule has 0 saturated carbocycles. The number of thiazole rings is 1. The van der Waals surface area contributed by atoms with Crippen molar-refractivity contribution in [3.63, 3.8) is 0 Å². The number of nitrogens with one attached hydrogen (secondary N) is 1. The maximum atomic E-state index is 12.2. The highest BCUT2D eigenvalue weighted by molar-refractivity contribution is 7.15. The normalized spacial score (nSPS) is 22.1. The lowest BCUT2D eigenvalue weighted by molar-refractivity contribution is -0.145. The quantitative estimate of drug-likeness (QED) is 0.884. The number of piperidine rings is 1. The molecule has 2 heterocycles. The van der Waals surface area contributed by atoms with Gasteiger partial charge in [0.2, 0.25) is 5.91 Å². The summed E-state index contributed by atoms with van der Waals surface area (Å²) >= 11 is 1.55. The summed E-state index contributed by atoms with van der Waals surface area (Å²) in [6, 6.07) is -0.538. The van der Waals surface area contributed by atoms with E-state index in [1.165, 1.54) is 11.3 Å². The summed E-state index contributed by atoms with van der Waals surface area (Å²) in [6.45, 7) is 0.792. The Balaban J connectivity index is 1.59. The number of likely N-dealkylation sites (tertiary alicyclic amines) is 1. The van der Waals surface area contributed by atoms with Gasteiger partial charge in [0, 0.05) is 4.88 Å². The van der Waals surface area contributed by atoms with Gasteiger partial charge in [-0.15, -0.1) is 11.3 Å². The zero-order chi connectivity index (χ0) is 15.5. The number of aromatic nitrogens is 1. The minimum atomic E-state index is -0.836. The van der Waals surface area contributed by atoms with Gasteiger partial charge in [-0.1, -0.05) is 6.42 Å². The Kier molecular flexibility index (Phi) is 4.73. The summed E-state index contributed by atoms with van der Waals surface area (Å²) in [4.78, 5) is 31.0. The fraction of sp³-hybridized carbons (Fsp3) is 0.667. The van der Waals surface area contributed by atoms with E-state index < -0.39 is 12.0 Å². The molecule has 1 aliphatic heterocycles. The van der Waals surface area contributed by atoms with Crippen molar-refractivity contribution in [1.82, 2.24) is 9.88 Å². The molecule has 0 bridgehead atoms. The minimum Gasteiger partial charge on any atom is -0.480 e. The van der Waals surface area contributed by atoms with Crippen molar-refractivity contribution in [2.45, 2.75) is 51.0 Å². The lowest BCUT2D eigenvalue weighted by atomic mass is 10.0. The van der Waals surface area contributed by atoms with Crippen LogP contribution in [0, 0.1) is 0 Å². The number of carboxylic acid groups (broad SMARTS) is 1. The van der Waals surface area contributed by atoms with E-state index in [-0.39, 0.29) is 12.5 Å². The van der Waals surface area contributed by atoms with Crippen LogP contribution in [0.5, 0.6) is 0 Å². The third-order valence-electron chi connectivity index (χ3n) is 4.34. The van der Waals surface area contributed by atoms with Crippen molar-refractivity contribution in [3.8, 4) is 0 Å². The number of amides is 1. The molecule has 0 aromatic carbocycles. The molecular formula is C15H21N3O3S. The number of carbonyl (C=O) groups excluding carboxylic acids is 1. The van der Waals surface area contributed by atoms with Crippen LogP contribution in [-0.4, -0.2) is 46.0 Å². The van der Waals surface area contributed by atoms with Crippen molar-refractivity contribution < 1.29 is 14.7 Å². The number of hydrogen-bond acceptors (Lipinski definition) is 5. The zero-order valence-electron chi connectivity index (χ0n) is 12.5. The van der Waals surface area contributed by atoms with Gasteiger partial charge < -0.3 is 10.4 Å². The molecule has 1 amide bonds. The highest BCUT2D eigenvalue weighted by Gasteiger charge is 2.29. The molecule has 1 aromatic rings. The van der Waals surface area contributed by atoms with E-state index in [2.05, 4.69) is 10.3 Å². The van der Waals surface area contributed by atoms with Crippen LogP contribution in [0.4, 0.5) is 5.13 Å². The van der Waals surface area contributed by atoms with Crippen LogP contribution in [0.15, 0.2) is 0 Å². The Hall–Kier alpha value is -1.47. The van der Waals surface area contributed by atoms with Crippen LogP contribution in [0.3, 0.4) is 0 Å². The van der Waals surface area contributed by atoms with E-state index >= 15 is 0 Å². The molecule has 120 valence electrons. The molecule has 22 heavy (non-hydrogen) atoms. The third-order valence-corrected chi connectivity index (χ3v) is 5.41. The van der Waals surface area contributed by atoms with Gasteiger partial charge in [-0.05, 0) is 45.1 Å². The highest BCUT2D eigenvalue weighted by Crippen LogP contribution is 2.29. The topological polar surface area (TPSA) is 82.5 Å². The van der Waals surface area contributed by atoms with Gasteiger partial charge >= 0.3 is 5.97 Å². The first kappa shape index (κ1) is 15.4. The van der Waals surface area contributed by atoms with Gasteiger partial charge in [-0.2, -0.15) is 0 Å². The minimum absolute atomic E-state index is 0.126. The molecule has 0 radical (unpaired) electrons. The van der Waals surface area contributed by atoms with Crippen LogP contribution >= 0.6 is 11.3 Å². The zero-order valence-corrected chi connectivity index (χ0v) is 13.3. The standard InChI is InChI=1S/C15H21N3O3S/c19-13(9-18-8-4-3-6-11(18)14(20)21)17-15-16-10-5-1-2-7-12(10)22-15/h11H,1-9H2,(H,20,21)(H,16,17,19). The number of carbonyl (C=O) groups is 2. The Bertz CT molecular complexity index is 549. The molecule has 3 rings (SSSR count). The monoisotopic (exact) mass is 323 g/mol. The van der Waals surface area contributed by atoms with Crippen molar-refractivity contribution >= 4 is 28.3 Å². The summed E-state index contributed by atoms with van der Waals surface area (Å²) in [5, 5.41) is 12.7. The molecule has 2 aliphatic rings.